The molecule has 4 aromatic rings. The van der Waals surface area contributed by atoms with Crippen molar-refractivity contribution < 1.29 is 18.6 Å². The van der Waals surface area contributed by atoms with Crippen LogP contribution in [-0.4, -0.2) is 37.6 Å². The van der Waals surface area contributed by atoms with Crippen LogP contribution >= 0.6 is 0 Å². The number of benzene rings is 2. The molecule has 2 aromatic heterocycles. The van der Waals surface area contributed by atoms with E-state index in [1.54, 1.807) is 0 Å². The number of hydrogen-bond acceptors (Lipinski definition) is 8. The quantitative estimate of drug-likeness (QED) is 0.300. The van der Waals surface area contributed by atoms with Crippen LogP contribution in [0.4, 0.5) is 0 Å². The summed E-state index contributed by atoms with van der Waals surface area (Å²) in [7, 11) is 0. The Hall–Kier alpha value is -4.01. The van der Waals surface area contributed by atoms with Gasteiger partial charge < -0.3 is 18.7 Å². The van der Waals surface area contributed by atoms with E-state index in [4.69, 9.17) is 13.8 Å². The molecule has 3 heterocycles. The number of amides is 1. The lowest BCUT2D eigenvalue weighted by molar-refractivity contribution is -0.135. The zero-order valence-corrected chi connectivity index (χ0v) is 21.2. The molecule has 9 heteroatoms. The molecule has 1 atom stereocenters. The van der Waals surface area contributed by atoms with Crippen LogP contribution in [0, 0.1) is 13.8 Å². The number of rotatable bonds is 9. The molecule has 2 aromatic carbocycles. The minimum atomic E-state index is -0.185. The average Bonchev–Trinajstić information content (AvgIpc) is 3.59. The fourth-order valence-corrected chi connectivity index (χ4v) is 4.45. The standard InChI is InChI=1S/C28H31N5O4/c1-19-9-13-21(14-10-19)27-29-24(36-31-27)7-5-8-26(34)33-17-4-3-6-23(33)28-30-25(37-32-28)18-35-22-15-11-20(2)12-16-22/h9-16,23H,3-8,17-18H2,1-2H3. The maximum atomic E-state index is 13.1. The van der Waals surface area contributed by atoms with Crippen molar-refractivity contribution in [1.82, 2.24) is 25.2 Å². The number of aryl methyl sites for hydroxylation is 3. The van der Waals surface area contributed by atoms with Gasteiger partial charge in [-0.2, -0.15) is 9.97 Å². The molecule has 1 amide bonds. The van der Waals surface area contributed by atoms with Crippen molar-refractivity contribution in [3.8, 4) is 17.1 Å². The first-order valence-corrected chi connectivity index (χ1v) is 12.8. The minimum Gasteiger partial charge on any atom is -0.484 e. The molecule has 5 rings (SSSR count). The number of carbonyl (C=O) groups excluding carboxylic acids is 1. The molecule has 37 heavy (non-hydrogen) atoms. The van der Waals surface area contributed by atoms with E-state index < -0.39 is 0 Å². The number of carbonyl (C=O) groups is 1. The number of nitrogens with zero attached hydrogens (tertiary/aromatic N) is 5. The number of aromatic nitrogens is 4. The Morgan fingerprint density at radius 1 is 0.946 bits per heavy atom. The van der Waals surface area contributed by atoms with Gasteiger partial charge in [0.05, 0.1) is 6.04 Å². The number of hydrogen-bond donors (Lipinski definition) is 0. The highest BCUT2D eigenvalue weighted by molar-refractivity contribution is 5.76. The molecule has 0 aliphatic carbocycles. The fourth-order valence-electron chi connectivity index (χ4n) is 4.45. The Morgan fingerprint density at radius 3 is 2.46 bits per heavy atom. The second-order valence-corrected chi connectivity index (χ2v) is 9.48. The van der Waals surface area contributed by atoms with Gasteiger partial charge in [0, 0.05) is 24.9 Å². The van der Waals surface area contributed by atoms with Crippen molar-refractivity contribution in [3.05, 3.63) is 77.3 Å². The van der Waals surface area contributed by atoms with E-state index in [1.165, 1.54) is 11.1 Å². The summed E-state index contributed by atoms with van der Waals surface area (Å²) in [6, 6.07) is 15.6. The van der Waals surface area contributed by atoms with Gasteiger partial charge >= 0.3 is 0 Å². The lowest BCUT2D eigenvalue weighted by atomic mass is 10.0. The van der Waals surface area contributed by atoms with Crippen molar-refractivity contribution in [2.45, 2.75) is 65.0 Å². The second kappa shape index (κ2) is 11.4. The van der Waals surface area contributed by atoms with Crippen molar-refractivity contribution >= 4 is 5.91 Å². The van der Waals surface area contributed by atoms with E-state index >= 15 is 0 Å². The van der Waals surface area contributed by atoms with Crippen molar-refractivity contribution in [2.24, 2.45) is 0 Å². The summed E-state index contributed by atoms with van der Waals surface area (Å²) in [6.45, 7) is 4.93. The van der Waals surface area contributed by atoms with Crippen LogP contribution in [0.15, 0.2) is 57.6 Å². The van der Waals surface area contributed by atoms with Crippen LogP contribution in [0.25, 0.3) is 11.4 Å². The molecular formula is C28H31N5O4. The maximum Gasteiger partial charge on any atom is 0.264 e. The Bertz CT molecular complexity index is 1310. The molecule has 192 valence electrons. The Morgan fingerprint density at radius 2 is 1.68 bits per heavy atom. The number of ether oxygens (including phenoxy) is 1. The first-order chi connectivity index (χ1) is 18.0. The molecule has 1 aliphatic heterocycles. The molecule has 1 fully saturated rings. The van der Waals surface area contributed by atoms with Gasteiger partial charge in [0.15, 0.2) is 12.4 Å². The minimum absolute atomic E-state index is 0.0743. The summed E-state index contributed by atoms with van der Waals surface area (Å²) in [5.41, 5.74) is 3.25. The molecule has 1 aliphatic rings. The van der Waals surface area contributed by atoms with Crippen LogP contribution < -0.4 is 4.74 Å². The second-order valence-electron chi connectivity index (χ2n) is 9.48. The predicted molar refractivity (Wildman–Crippen MR) is 136 cm³/mol. The van der Waals surface area contributed by atoms with Crippen molar-refractivity contribution in [2.75, 3.05) is 6.54 Å². The zero-order chi connectivity index (χ0) is 25.6. The van der Waals surface area contributed by atoms with Crippen molar-refractivity contribution in [3.63, 3.8) is 0 Å². The van der Waals surface area contributed by atoms with Gasteiger partial charge in [-0.15, -0.1) is 0 Å². The van der Waals surface area contributed by atoms with Crippen LogP contribution in [0.5, 0.6) is 5.75 Å². The molecule has 1 unspecified atom stereocenters. The normalized spacial score (nSPS) is 15.6. The Balaban J connectivity index is 1.14. The van der Waals surface area contributed by atoms with E-state index in [0.29, 0.717) is 49.2 Å². The van der Waals surface area contributed by atoms with Crippen LogP contribution in [0.3, 0.4) is 0 Å². The van der Waals surface area contributed by atoms with E-state index in [2.05, 4.69) is 20.3 Å². The fraction of sp³-hybridized carbons (Fsp3) is 0.393. The first kappa shape index (κ1) is 24.7. The third kappa shape index (κ3) is 6.22. The number of likely N-dealkylation sites (tertiary alicyclic amines) is 1. The smallest absolute Gasteiger partial charge is 0.264 e. The molecule has 0 bridgehead atoms. The molecule has 9 nitrogen and oxygen atoms in total. The van der Waals surface area contributed by atoms with Crippen LogP contribution in [0.2, 0.25) is 0 Å². The summed E-state index contributed by atoms with van der Waals surface area (Å²) >= 11 is 0. The van der Waals surface area contributed by atoms with Gasteiger partial charge in [-0.05, 0) is 51.7 Å². The summed E-state index contributed by atoms with van der Waals surface area (Å²) in [5.74, 6) is 2.86. The summed E-state index contributed by atoms with van der Waals surface area (Å²) in [5, 5.41) is 8.25. The third-order valence-electron chi connectivity index (χ3n) is 6.55. The average molecular weight is 502 g/mol. The topological polar surface area (TPSA) is 107 Å². The Kier molecular flexibility index (Phi) is 7.58. The largest absolute Gasteiger partial charge is 0.484 e. The van der Waals surface area contributed by atoms with E-state index in [9.17, 15) is 4.79 Å². The monoisotopic (exact) mass is 501 g/mol. The van der Waals surface area contributed by atoms with Gasteiger partial charge in [0.2, 0.25) is 17.6 Å². The highest BCUT2D eigenvalue weighted by Crippen LogP contribution is 2.30. The van der Waals surface area contributed by atoms with E-state index in [0.717, 1.165) is 30.6 Å². The first-order valence-electron chi connectivity index (χ1n) is 12.8. The van der Waals surface area contributed by atoms with Gasteiger partial charge in [0.25, 0.3) is 5.89 Å². The van der Waals surface area contributed by atoms with Gasteiger partial charge in [-0.25, -0.2) is 0 Å². The highest BCUT2D eigenvalue weighted by atomic mass is 16.5. The molecule has 0 saturated carbocycles. The summed E-state index contributed by atoms with van der Waals surface area (Å²) in [4.78, 5) is 24.0. The van der Waals surface area contributed by atoms with Crippen molar-refractivity contribution in [1.29, 1.82) is 0 Å². The van der Waals surface area contributed by atoms with Crippen LogP contribution in [0.1, 0.15) is 66.9 Å². The van der Waals surface area contributed by atoms with Gasteiger partial charge in [-0.3, -0.25) is 4.79 Å². The van der Waals surface area contributed by atoms with Gasteiger partial charge in [-0.1, -0.05) is 57.8 Å². The molecule has 0 radical (unpaired) electrons. The number of piperidine rings is 1. The predicted octanol–water partition coefficient (Wildman–Crippen LogP) is 5.39. The van der Waals surface area contributed by atoms with E-state index in [1.807, 2.05) is 67.3 Å². The van der Waals surface area contributed by atoms with Gasteiger partial charge in [0.1, 0.15) is 5.75 Å². The van der Waals surface area contributed by atoms with Crippen LogP contribution in [-0.2, 0) is 17.8 Å². The lowest BCUT2D eigenvalue weighted by Gasteiger charge is -2.33. The molecular weight excluding hydrogens is 470 g/mol. The lowest BCUT2D eigenvalue weighted by Crippen LogP contribution is -2.39. The summed E-state index contributed by atoms with van der Waals surface area (Å²) < 4.78 is 16.6. The Labute approximate surface area is 215 Å². The SMILES string of the molecule is Cc1ccc(OCc2nc(C3CCCCN3C(=O)CCCc3nc(-c4ccc(C)cc4)no3)no2)cc1. The molecule has 0 spiro atoms. The molecule has 1 saturated heterocycles. The third-order valence-corrected chi connectivity index (χ3v) is 6.55. The maximum absolute atomic E-state index is 13.1. The zero-order valence-electron chi connectivity index (χ0n) is 21.2. The summed E-state index contributed by atoms with van der Waals surface area (Å²) in [6.07, 6.45) is 4.35. The van der Waals surface area contributed by atoms with E-state index in [-0.39, 0.29) is 18.6 Å². The highest BCUT2D eigenvalue weighted by Gasteiger charge is 2.31. The molecule has 0 N–H and O–H groups in total.